The van der Waals surface area contributed by atoms with Crippen molar-refractivity contribution in [3.8, 4) is 11.5 Å². The van der Waals surface area contributed by atoms with E-state index < -0.39 is 5.97 Å². The average molecular weight is 295 g/mol. The van der Waals surface area contributed by atoms with Crippen LogP contribution in [0.1, 0.15) is 13.3 Å². The summed E-state index contributed by atoms with van der Waals surface area (Å²) in [6.07, 6.45) is 0.755. The van der Waals surface area contributed by atoms with Gasteiger partial charge in [0.1, 0.15) is 18.0 Å². The molecule has 0 aliphatic rings. The lowest BCUT2D eigenvalue weighted by atomic mass is 10.3. The zero-order valence-corrected chi connectivity index (χ0v) is 12.6. The Morgan fingerprint density at radius 1 is 1.10 bits per heavy atom. The van der Waals surface area contributed by atoms with Crippen LogP contribution >= 0.6 is 0 Å². The van der Waals surface area contributed by atoms with E-state index in [1.54, 1.807) is 31.4 Å². The van der Waals surface area contributed by atoms with Crippen molar-refractivity contribution < 1.29 is 23.8 Å². The van der Waals surface area contributed by atoms with Gasteiger partial charge in [-0.05, 0) is 30.7 Å². The summed E-state index contributed by atoms with van der Waals surface area (Å²) in [6.45, 7) is 2.24. The summed E-state index contributed by atoms with van der Waals surface area (Å²) in [4.78, 5) is 24.8. The van der Waals surface area contributed by atoms with Gasteiger partial charge in [-0.1, -0.05) is 6.92 Å². The summed E-state index contributed by atoms with van der Waals surface area (Å²) in [7, 11) is 2.87. The molecule has 0 radical (unpaired) electrons. The zero-order valence-electron chi connectivity index (χ0n) is 12.6. The molecule has 0 spiro atoms. The molecule has 0 heterocycles. The molecule has 0 N–H and O–H groups in total. The van der Waals surface area contributed by atoms with Crippen LogP contribution in [0, 0.1) is 0 Å². The van der Waals surface area contributed by atoms with Crippen LogP contribution in [0.3, 0.4) is 0 Å². The van der Waals surface area contributed by atoms with Crippen molar-refractivity contribution in [1.29, 1.82) is 0 Å². The number of carbonyl (C=O) groups is 2. The van der Waals surface area contributed by atoms with Crippen LogP contribution in [0.5, 0.6) is 11.5 Å². The molecule has 0 aliphatic heterocycles. The minimum atomic E-state index is -0.443. The number of methoxy groups -OCH3 is 2. The fourth-order valence-corrected chi connectivity index (χ4v) is 1.69. The van der Waals surface area contributed by atoms with Crippen molar-refractivity contribution in [2.24, 2.45) is 0 Å². The number of carbonyl (C=O) groups excluding carboxylic acids is 2. The van der Waals surface area contributed by atoms with Gasteiger partial charge in [0.2, 0.25) is 0 Å². The average Bonchev–Trinajstić information content (AvgIpc) is 2.52. The van der Waals surface area contributed by atoms with Gasteiger partial charge in [0.05, 0.1) is 14.2 Å². The molecular weight excluding hydrogens is 274 g/mol. The van der Waals surface area contributed by atoms with E-state index in [-0.39, 0.29) is 19.1 Å². The molecule has 0 bridgehead atoms. The Labute approximate surface area is 124 Å². The number of ether oxygens (including phenoxy) is 3. The van der Waals surface area contributed by atoms with Gasteiger partial charge in [0, 0.05) is 6.54 Å². The number of amides is 1. The van der Waals surface area contributed by atoms with Crippen LogP contribution in [0.4, 0.5) is 0 Å². The Morgan fingerprint density at radius 2 is 1.71 bits per heavy atom. The van der Waals surface area contributed by atoms with E-state index >= 15 is 0 Å². The third kappa shape index (κ3) is 5.72. The fraction of sp³-hybridized carbons (Fsp3) is 0.467. The molecule has 6 heteroatoms. The Hall–Kier alpha value is -2.24. The first-order valence-electron chi connectivity index (χ1n) is 6.72. The molecule has 0 atom stereocenters. The lowest BCUT2D eigenvalue weighted by molar-refractivity contribution is -0.147. The molecule has 116 valence electrons. The molecule has 0 saturated heterocycles. The molecule has 0 unspecified atom stereocenters. The van der Waals surface area contributed by atoms with Crippen LogP contribution in [-0.2, 0) is 14.3 Å². The van der Waals surface area contributed by atoms with Crippen LogP contribution in [0.25, 0.3) is 0 Å². The lowest BCUT2D eigenvalue weighted by Gasteiger charge is -2.20. The summed E-state index contributed by atoms with van der Waals surface area (Å²) in [5, 5.41) is 0. The first-order valence-corrected chi connectivity index (χ1v) is 6.72. The van der Waals surface area contributed by atoms with E-state index in [1.165, 1.54) is 12.0 Å². The van der Waals surface area contributed by atoms with E-state index in [4.69, 9.17) is 9.47 Å². The molecule has 1 aromatic carbocycles. The minimum absolute atomic E-state index is 0.0604. The van der Waals surface area contributed by atoms with Crippen molar-refractivity contribution >= 4 is 11.9 Å². The highest BCUT2D eigenvalue weighted by molar-refractivity contribution is 5.83. The van der Waals surface area contributed by atoms with E-state index in [0.29, 0.717) is 18.0 Å². The van der Waals surface area contributed by atoms with Gasteiger partial charge in [-0.25, -0.2) is 0 Å². The molecule has 6 nitrogen and oxygen atoms in total. The van der Waals surface area contributed by atoms with Crippen LogP contribution < -0.4 is 9.47 Å². The predicted octanol–water partition coefficient (Wildman–Crippen LogP) is 1.49. The Balaban J connectivity index is 2.53. The number of esters is 1. The highest BCUT2D eigenvalue weighted by Crippen LogP contribution is 2.16. The molecule has 0 saturated carbocycles. The second kappa shape index (κ2) is 8.84. The van der Waals surface area contributed by atoms with Crippen LogP contribution in [-0.4, -0.2) is 50.7 Å². The van der Waals surface area contributed by atoms with E-state index in [0.717, 1.165) is 6.42 Å². The maximum absolute atomic E-state index is 12.0. The van der Waals surface area contributed by atoms with Crippen molar-refractivity contribution in [3.05, 3.63) is 24.3 Å². The maximum Gasteiger partial charge on any atom is 0.325 e. The standard InChI is InChI=1S/C15H21NO5/c1-4-9-16(10-15(18)20-3)14(17)11-21-13-7-5-12(19-2)6-8-13/h5-8H,4,9-11H2,1-3H3. The van der Waals surface area contributed by atoms with Crippen LogP contribution in [0.2, 0.25) is 0 Å². The Kier molecular flexibility index (Phi) is 7.08. The van der Waals surface area contributed by atoms with E-state index in [2.05, 4.69) is 4.74 Å². The minimum Gasteiger partial charge on any atom is -0.497 e. The number of nitrogens with zero attached hydrogens (tertiary/aromatic N) is 1. The van der Waals surface area contributed by atoms with Crippen molar-refractivity contribution in [1.82, 2.24) is 4.90 Å². The SMILES string of the molecule is CCCN(CC(=O)OC)C(=O)COc1ccc(OC)cc1. The number of rotatable bonds is 8. The number of hydrogen-bond acceptors (Lipinski definition) is 5. The monoisotopic (exact) mass is 295 g/mol. The summed E-state index contributed by atoms with van der Waals surface area (Å²) >= 11 is 0. The van der Waals surface area contributed by atoms with Gasteiger partial charge in [-0.2, -0.15) is 0 Å². The summed E-state index contributed by atoms with van der Waals surface area (Å²) in [5.41, 5.74) is 0. The molecule has 0 aromatic heterocycles. The normalized spacial score (nSPS) is 9.86. The molecule has 1 amide bonds. The second-order valence-corrected chi connectivity index (χ2v) is 4.36. The fourth-order valence-electron chi connectivity index (χ4n) is 1.69. The van der Waals surface area contributed by atoms with Crippen molar-refractivity contribution in [3.63, 3.8) is 0 Å². The lowest BCUT2D eigenvalue weighted by Crippen LogP contribution is -2.39. The van der Waals surface area contributed by atoms with Crippen LogP contribution in [0.15, 0.2) is 24.3 Å². The zero-order chi connectivity index (χ0) is 15.7. The molecule has 1 aromatic rings. The topological polar surface area (TPSA) is 65.1 Å². The van der Waals surface area contributed by atoms with E-state index in [1.807, 2.05) is 6.92 Å². The van der Waals surface area contributed by atoms with Gasteiger partial charge in [-0.15, -0.1) is 0 Å². The first kappa shape index (κ1) is 16.8. The third-order valence-electron chi connectivity index (χ3n) is 2.82. The summed E-state index contributed by atoms with van der Waals surface area (Å²) in [6, 6.07) is 6.93. The highest BCUT2D eigenvalue weighted by Gasteiger charge is 2.17. The van der Waals surface area contributed by atoms with Gasteiger partial charge >= 0.3 is 5.97 Å². The Morgan fingerprint density at radius 3 is 2.24 bits per heavy atom. The van der Waals surface area contributed by atoms with Gasteiger partial charge in [0.15, 0.2) is 6.61 Å². The van der Waals surface area contributed by atoms with Gasteiger partial charge in [0.25, 0.3) is 5.91 Å². The Bertz CT molecular complexity index is 458. The molecular formula is C15H21NO5. The third-order valence-corrected chi connectivity index (χ3v) is 2.82. The second-order valence-electron chi connectivity index (χ2n) is 4.36. The molecule has 21 heavy (non-hydrogen) atoms. The highest BCUT2D eigenvalue weighted by atomic mass is 16.5. The maximum atomic E-state index is 12.0. The summed E-state index contributed by atoms with van der Waals surface area (Å²) < 4.78 is 15.0. The van der Waals surface area contributed by atoms with Gasteiger partial charge < -0.3 is 19.1 Å². The van der Waals surface area contributed by atoms with E-state index in [9.17, 15) is 9.59 Å². The predicted molar refractivity (Wildman–Crippen MR) is 77.4 cm³/mol. The molecule has 1 rings (SSSR count). The van der Waals surface area contributed by atoms with Crippen molar-refractivity contribution in [2.45, 2.75) is 13.3 Å². The first-order chi connectivity index (χ1) is 10.1. The van der Waals surface area contributed by atoms with Gasteiger partial charge in [-0.3, -0.25) is 9.59 Å². The number of hydrogen-bond donors (Lipinski definition) is 0. The summed E-state index contributed by atoms with van der Waals surface area (Å²) in [5.74, 6) is 0.588. The quantitative estimate of drug-likeness (QED) is 0.680. The number of benzene rings is 1. The smallest absolute Gasteiger partial charge is 0.325 e. The molecule has 0 aliphatic carbocycles. The molecule has 0 fully saturated rings. The van der Waals surface area contributed by atoms with Crippen molar-refractivity contribution in [2.75, 3.05) is 33.9 Å². The largest absolute Gasteiger partial charge is 0.497 e.